The number of fused-ring (bicyclic) bond motifs is 1. The SMILES string of the molecule is CCC[n+]1cc(-c2cc(OC)c(OC)c(-c3ccc(-c4ccccc4)cc3)c2)cc2cc(CO)c(CO)cc21.[I-]. The maximum Gasteiger partial charge on any atom is 0.212 e. The van der Waals surface area contributed by atoms with Gasteiger partial charge in [-0.25, -0.2) is 0 Å². The van der Waals surface area contributed by atoms with Crippen LogP contribution < -0.4 is 38.0 Å². The Morgan fingerprint density at radius 2 is 1.32 bits per heavy atom. The molecule has 5 aromatic rings. The van der Waals surface area contributed by atoms with Gasteiger partial charge in [0.05, 0.1) is 27.4 Å². The summed E-state index contributed by atoms with van der Waals surface area (Å²) in [6.45, 7) is 2.74. The average Bonchev–Trinajstić information content (AvgIpc) is 3.00. The Balaban J connectivity index is 0.00000370. The minimum absolute atomic E-state index is 0. The lowest BCUT2D eigenvalue weighted by molar-refractivity contribution is -0.670. The van der Waals surface area contributed by atoms with Crippen LogP contribution >= 0.6 is 0 Å². The maximum absolute atomic E-state index is 9.90. The number of rotatable bonds is 9. The Kier molecular flexibility index (Phi) is 9.79. The highest BCUT2D eigenvalue weighted by atomic mass is 127. The molecule has 0 aliphatic rings. The number of pyridine rings is 1. The summed E-state index contributed by atoms with van der Waals surface area (Å²) in [7, 11) is 3.32. The van der Waals surface area contributed by atoms with Crippen molar-refractivity contribution in [3.63, 3.8) is 0 Å². The molecular weight excluding hydrogens is 613 g/mol. The van der Waals surface area contributed by atoms with Crippen molar-refractivity contribution in [2.75, 3.05) is 14.2 Å². The molecule has 0 saturated heterocycles. The fourth-order valence-electron chi connectivity index (χ4n) is 5.20. The molecule has 0 atom stereocenters. The summed E-state index contributed by atoms with van der Waals surface area (Å²) in [6.07, 6.45) is 3.11. The van der Waals surface area contributed by atoms with Gasteiger partial charge in [0, 0.05) is 29.0 Å². The van der Waals surface area contributed by atoms with E-state index in [4.69, 9.17) is 9.47 Å². The molecule has 0 aliphatic carbocycles. The molecule has 0 aliphatic heterocycles. The molecule has 0 amide bonds. The molecule has 0 spiro atoms. The van der Waals surface area contributed by atoms with Gasteiger partial charge in [-0.2, -0.15) is 4.57 Å². The van der Waals surface area contributed by atoms with E-state index in [1.165, 1.54) is 5.56 Å². The molecule has 2 N–H and O–H groups in total. The number of halogens is 1. The molecule has 0 radical (unpaired) electrons. The molecule has 6 heteroatoms. The van der Waals surface area contributed by atoms with Gasteiger partial charge in [0.2, 0.25) is 5.52 Å². The van der Waals surface area contributed by atoms with E-state index in [2.05, 4.69) is 66.2 Å². The van der Waals surface area contributed by atoms with Gasteiger partial charge in [-0.15, -0.1) is 0 Å². The highest BCUT2D eigenvalue weighted by molar-refractivity contribution is 5.86. The molecule has 206 valence electrons. The van der Waals surface area contributed by atoms with E-state index in [1.54, 1.807) is 14.2 Å². The molecule has 0 fully saturated rings. The first-order valence-electron chi connectivity index (χ1n) is 13.2. The first-order valence-corrected chi connectivity index (χ1v) is 13.2. The van der Waals surface area contributed by atoms with Crippen LogP contribution in [0, 0.1) is 0 Å². The Bertz CT molecular complexity index is 1600. The Morgan fingerprint density at radius 3 is 1.95 bits per heavy atom. The fraction of sp³-hybridized carbons (Fsp3) is 0.206. The lowest BCUT2D eigenvalue weighted by Crippen LogP contribution is -3.00. The lowest BCUT2D eigenvalue weighted by atomic mass is 9.95. The summed E-state index contributed by atoms with van der Waals surface area (Å²) in [5.74, 6) is 1.34. The van der Waals surface area contributed by atoms with Crippen molar-refractivity contribution in [2.24, 2.45) is 0 Å². The largest absolute Gasteiger partial charge is 1.00 e. The Morgan fingerprint density at radius 1 is 0.675 bits per heavy atom. The number of aryl methyl sites for hydroxylation is 1. The van der Waals surface area contributed by atoms with Crippen LogP contribution in [0.5, 0.6) is 11.5 Å². The molecular formula is C34H34INO4. The quantitative estimate of drug-likeness (QED) is 0.190. The number of aliphatic hydroxyl groups excluding tert-OH is 2. The van der Waals surface area contributed by atoms with Gasteiger partial charge < -0.3 is 43.7 Å². The minimum atomic E-state index is -0.122. The summed E-state index contributed by atoms with van der Waals surface area (Å²) >= 11 is 0. The number of hydrogen-bond acceptors (Lipinski definition) is 4. The second kappa shape index (κ2) is 13.3. The van der Waals surface area contributed by atoms with Crippen LogP contribution in [-0.4, -0.2) is 24.4 Å². The molecule has 1 heterocycles. The number of nitrogens with zero attached hydrogens (tertiary/aromatic N) is 1. The van der Waals surface area contributed by atoms with Gasteiger partial charge in [-0.05, 0) is 57.6 Å². The van der Waals surface area contributed by atoms with Crippen LogP contribution in [-0.2, 0) is 19.8 Å². The molecule has 5 rings (SSSR count). The number of benzene rings is 4. The first-order chi connectivity index (χ1) is 19.1. The molecule has 4 aromatic carbocycles. The van der Waals surface area contributed by atoms with Crippen molar-refractivity contribution in [3.8, 4) is 44.9 Å². The highest BCUT2D eigenvalue weighted by Gasteiger charge is 2.19. The molecule has 0 saturated carbocycles. The van der Waals surface area contributed by atoms with Crippen LogP contribution in [0.15, 0.2) is 91.1 Å². The monoisotopic (exact) mass is 647 g/mol. The van der Waals surface area contributed by atoms with Crippen molar-refractivity contribution in [2.45, 2.75) is 33.1 Å². The molecule has 1 aromatic heterocycles. The van der Waals surface area contributed by atoms with E-state index in [0.717, 1.165) is 62.8 Å². The van der Waals surface area contributed by atoms with Crippen molar-refractivity contribution in [1.82, 2.24) is 0 Å². The van der Waals surface area contributed by atoms with Crippen molar-refractivity contribution in [3.05, 3.63) is 102 Å². The molecule has 0 unspecified atom stereocenters. The van der Waals surface area contributed by atoms with E-state index in [0.29, 0.717) is 11.5 Å². The Labute approximate surface area is 252 Å². The molecule has 5 nitrogen and oxygen atoms in total. The van der Waals surface area contributed by atoms with Gasteiger partial charge in [0.15, 0.2) is 17.7 Å². The average molecular weight is 648 g/mol. The third-order valence-electron chi connectivity index (χ3n) is 7.18. The standard InChI is InChI=1S/C34H34NO4.HI/c1-4-14-35-20-28(15-27-16-29(21-36)30(22-37)18-32(27)35)26-17-31(34(39-3)33(19-26)38-2)25-12-10-24(11-13-25)23-8-6-5-7-9-23;/h5-13,15-20,36-37H,4,14,21-22H2,1-3H3;1H/q+1;/p-1. The maximum atomic E-state index is 9.90. The predicted octanol–water partition coefficient (Wildman–Crippen LogP) is 3.54. The van der Waals surface area contributed by atoms with Crippen LogP contribution in [0.1, 0.15) is 24.5 Å². The van der Waals surface area contributed by atoms with Crippen LogP contribution in [0.4, 0.5) is 0 Å². The smallest absolute Gasteiger partial charge is 0.212 e. The first kappa shape index (κ1) is 29.5. The third kappa shape index (κ3) is 5.84. The van der Waals surface area contributed by atoms with Crippen LogP contribution in [0.25, 0.3) is 44.3 Å². The number of aromatic nitrogens is 1. The number of ether oxygens (including phenoxy) is 2. The van der Waals surface area contributed by atoms with Gasteiger partial charge in [0.1, 0.15) is 6.54 Å². The van der Waals surface area contributed by atoms with Crippen molar-refractivity contribution in [1.29, 1.82) is 0 Å². The minimum Gasteiger partial charge on any atom is -1.00 e. The van der Waals surface area contributed by atoms with Crippen molar-refractivity contribution < 1.29 is 48.2 Å². The zero-order valence-electron chi connectivity index (χ0n) is 23.0. The summed E-state index contributed by atoms with van der Waals surface area (Å²) in [5, 5.41) is 20.7. The van der Waals surface area contributed by atoms with Gasteiger partial charge in [0.25, 0.3) is 0 Å². The lowest BCUT2D eigenvalue weighted by Gasteiger charge is -2.16. The molecule has 0 bridgehead atoms. The summed E-state index contributed by atoms with van der Waals surface area (Å²) < 4.78 is 13.8. The summed E-state index contributed by atoms with van der Waals surface area (Å²) in [4.78, 5) is 0. The number of methoxy groups -OCH3 is 2. The predicted molar refractivity (Wildman–Crippen MR) is 156 cm³/mol. The second-order valence-corrected chi connectivity index (χ2v) is 9.62. The number of aliphatic hydroxyl groups is 2. The van der Waals surface area contributed by atoms with E-state index < -0.39 is 0 Å². The Hall–Kier alpha value is -3.46. The summed E-state index contributed by atoms with van der Waals surface area (Å²) in [6, 6.07) is 29.1. The fourth-order valence-corrected chi connectivity index (χ4v) is 5.20. The van der Waals surface area contributed by atoms with E-state index in [1.807, 2.05) is 36.4 Å². The van der Waals surface area contributed by atoms with Crippen LogP contribution in [0.2, 0.25) is 0 Å². The second-order valence-electron chi connectivity index (χ2n) is 9.62. The van der Waals surface area contributed by atoms with E-state index >= 15 is 0 Å². The number of hydrogen-bond donors (Lipinski definition) is 2. The van der Waals surface area contributed by atoms with Gasteiger partial charge in [-0.1, -0.05) is 61.5 Å². The zero-order valence-corrected chi connectivity index (χ0v) is 25.2. The molecule has 40 heavy (non-hydrogen) atoms. The summed E-state index contributed by atoms with van der Waals surface area (Å²) in [5.41, 5.74) is 8.83. The van der Waals surface area contributed by atoms with E-state index in [-0.39, 0.29) is 37.2 Å². The van der Waals surface area contributed by atoms with E-state index in [9.17, 15) is 10.2 Å². The highest BCUT2D eigenvalue weighted by Crippen LogP contribution is 2.42. The zero-order chi connectivity index (χ0) is 27.4. The third-order valence-corrected chi connectivity index (χ3v) is 7.18. The van der Waals surface area contributed by atoms with Gasteiger partial charge in [-0.3, -0.25) is 0 Å². The van der Waals surface area contributed by atoms with Gasteiger partial charge >= 0.3 is 0 Å². The topological polar surface area (TPSA) is 62.8 Å². The van der Waals surface area contributed by atoms with Crippen LogP contribution in [0.3, 0.4) is 0 Å². The normalized spacial score (nSPS) is 10.8. The van der Waals surface area contributed by atoms with Crippen molar-refractivity contribution >= 4 is 10.9 Å².